The van der Waals surface area contributed by atoms with Crippen molar-refractivity contribution in [2.45, 2.75) is 189 Å². The van der Waals surface area contributed by atoms with Gasteiger partial charge in [0.05, 0.1) is 38.8 Å². The summed E-state index contributed by atoms with van der Waals surface area (Å²) in [5.41, 5.74) is 3.05. The van der Waals surface area contributed by atoms with Gasteiger partial charge in [0, 0.05) is 119 Å². The number of aryl methyl sites for hydroxylation is 1. The van der Waals surface area contributed by atoms with Crippen LogP contribution in [-0.4, -0.2) is 184 Å². The Morgan fingerprint density at radius 2 is 1.46 bits per heavy atom. The van der Waals surface area contributed by atoms with E-state index in [1.807, 2.05) is 93.9 Å². The molecule has 3 aliphatic heterocycles. The van der Waals surface area contributed by atoms with Crippen LogP contribution in [0.3, 0.4) is 0 Å². The van der Waals surface area contributed by atoms with Crippen LogP contribution in [0.2, 0.25) is 0 Å². The standard InChI is InChI=1S/C77H101F3N10O10S4/c1-51(53-19-21-54(22-20-53)68-52(2)81-50-102-68)82-71(95)64-41-59(91)45-90(64)72(96)69(73(3,4)5)84-66(92)17-13-10-14-18-67(93)89-39-33-86(34-40-89)32-30-57(46-101-60-15-11-9-12-16-60)83-63-28-27-61(42-65(63)103(97,98)77(78,79)80)104(99,100)85-70(94)55-23-25-58(26-24-55)88-37-35-87(36-38-88)44-56-29-31-74(6,7)43-62(56)76-47-75(8,48-76)49-76/h9,11-12,15-16,19-28,42,50-51,57,59,64,69,83,91H,10,13-14,17-18,29-41,43-49H2,1-8H3,(H,82,95)(H,84,92)(H,85,94)/t51-,57+,59+,64-,69+,75?,76?/m0/s1. The number of aliphatic hydroxyl groups excluding tert-OH is 1. The van der Waals surface area contributed by atoms with E-state index in [-0.39, 0.29) is 48.9 Å². The van der Waals surface area contributed by atoms with E-state index in [1.54, 1.807) is 45.0 Å². The predicted octanol–water partition coefficient (Wildman–Crippen LogP) is 11.8. The Kier molecular flexibility index (Phi) is 24.0. The van der Waals surface area contributed by atoms with Crippen molar-refractivity contribution in [3.8, 4) is 10.4 Å². The average Bonchev–Trinajstić information content (AvgIpc) is 0.711. The van der Waals surface area contributed by atoms with E-state index >= 15 is 0 Å². The fraction of sp³-hybridized carbons (Fsp3) is 0.558. The average molecular weight is 1510 g/mol. The summed E-state index contributed by atoms with van der Waals surface area (Å²) in [6.45, 7) is 22.8. The number of aliphatic hydroxyl groups is 1. The normalized spacial score (nSPS) is 22.6. The minimum Gasteiger partial charge on any atom is -0.391 e. The molecule has 2 bridgehead atoms. The van der Waals surface area contributed by atoms with Crippen molar-refractivity contribution in [2.24, 2.45) is 21.7 Å². The predicted molar refractivity (Wildman–Crippen MR) is 400 cm³/mol. The minimum absolute atomic E-state index is 0.0185. The van der Waals surface area contributed by atoms with Crippen LogP contribution in [0.5, 0.6) is 0 Å². The number of β-amino-alcohol motifs (C(OH)–C–C–N with tert-alkyl or cyclic N) is 1. The molecule has 0 unspecified atom stereocenters. The minimum atomic E-state index is -6.17. The van der Waals surface area contributed by atoms with Crippen molar-refractivity contribution >= 4 is 83.9 Å². The number of rotatable bonds is 28. The van der Waals surface area contributed by atoms with Gasteiger partial charge in [-0.05, 0) is 159 Å². The van der Waals surface area contributed by atoms with Gasteiger partial charge >= 0.3 is 5.51 Å². The van der Waals surface area contributed by atoms with Crippen LogP contribution >= 0.6 is 23.1 Å². The number of allylic oxidation sites excluding steroid dienone is 1. The third-order valence-corrected chi connectivity index (χ3v) is 26.9. The number of thiazole rings is 1. The van der Waals surface area contributed by atoms with Crippen LogP contribution in [0.15, 0.2) is 128 Å². The molecule has 5 aromatic rings. The number of sulfonamides is 1. The molecule has 4 aliphatic carbocycles. The van der Waals surface area contributed by atoms with E-state index in [0.717, 1.165) is 83.6 Å². The van der Waals surface area contributed by atoms with Crippen LogP contribution in [0.4, 0.5) is 24.5 Å². The first-order valence-electron chi connectivity index (χ1n) is 36.4. The topological polar surface area (TPSA) is 251 Å². The summed E-state index contributed by atoms with van der Waals surface area (Å²) >= 11 is 2.95. The largest absolute Gasteiger partial charge is 0.501 e. The summed E-state index contributed by atoms with van der Waals surface area (Å²) in [5, 5.41) is 19.7. The highest BCUT2D eigenvalue weighted by Crippen LogP contribution is 2.77. The highest BCUT2D eigenvalue weighted by molar-refractivity contribution is 7.99. The van der Waals surface area contributed by atoms with Gasteiger partial charge in [-0.25, -0.2) is 26.5 Å². The Morgan fingerprint density at radius 3 is 2.10 bits per heavy atom. The summed E-state index contributed by atoms with van der Waals surface area (Å²) < 4.78 is 100. The van der Waals surface area contributed by atoms with E-state index in [2.05, 4.69) is 56.4 Å². The number of aromatic nitrogens is 1. The van der Waals surface area contributed by atoms with Crippen molar-refractivity contribution in [1.29, 1.82) is 0 Å². The van der Waals surface area contributed by atoms with Gasteiger partial charge in [-0.2, -0.15) is 13.2 Å². The summed E-state index contributed by atoms with van der Waals surface area (Å²) in [6, 6.07) is 22.9. The Morgan fingerprint density at radius 1 is 0.798 bits per heavy atom. The third-order valence-electron chi connectivity index (χ3n) is 21.9. The molecule has 0 radical (unpaired) electrons. The zero-order chi connectivity index (χ0) is 74.7. The van der Waals surface area contributed by atoms with E-state index in [1.165, 1.54) is 60.9 Å². The summed E-state index contributed by atoms with van der Waals surface area (Å²) in [7, 11) is -11.1. The molecule has 1 aromatic heterocycles. The van der Waals surface area contributed by atoms with Crippen molar-refractivity contribution < 1.29 is 59.1 Å². The van der Waals surface area contributed by atoms with Gasteiger partial charge in [0.15, 0.2) is 0 Å². The summed E-state index contributed by atoms with van der Waals surface area (Å²) in [4.78, 5) is 82.8. The number of likely N-dealkylation sites (tertiary alicyclic amines) is 1. The van der Waals surface area contributed by atoms with E-state index in [4.69, 9.17) is 0 Å². The van der Waals surface area contributed by atoms with E-state index < -0.39 is 94.3 Å². The summed E-state index contributed by atoms with van der Waals surface area (Å²) in [5.74, 6) is -2.06. The molecule has 7 aliphatic rings. The molecule has 564 valence electrons. The SMILES string of the molecule is Cc1ncsc1-c1ccc([C@H](C)NC(=O)[C@@H]2C[C@@H](O)CN2C(=O)[C@@H](NC(=O)CCCCCC(=O)N2CCN(CC[C@H](CSc3ccccc3)Nc3ccc(S(=O)(=O)NC(=O)c4ccc(N5CCN(CC6=C(C78CC(C)(C7)C8)CC(C)(C)CC6)CC5)cc4)cc3S(=O)(=O)C(F)(F)F)CC2)C(C)(C)C)cc1. The smallest absolute Gasteiger partial charge is 0.391 e. The summed E-state index contributed by atoms with van der Waals surface area (Å²) in [6.07, 6.45) is 8.76. The molecule has 12 rings (SSSR count). The Labute approximate surface area is 619 Å². The molecule has 3 saturated carbocycles. The van der Waals surface area contributed by atoms with Gasteiger partial charge in [-0.15, -0.1) is 23.1 Å². The number of unbranched alkanes of at least 4 members (excludes halogenated alkanes) is 2. The fourth-order valence-electron chi connectivity index (χ4n) is 16.2. The molecule has 104 heavy (non-hydrogen) atoms. The van der Waals surface area contributed by atoms with Crippen LogP contribution < -0.4 is 25.6 Å². The molecular weight excluding hydrogens is 1410 g/mol. The van der Waals surface area contributed by atoms with E-state index in [9.17, 15) is 59.1 Å². The fourth-order valence-corrected chi connectivity index (χ4v) is 20.0. The zero-order valence-corrected chi connectivity index (χ0v) is 64.2. The second kappa shape index (κ2) is 31.9. The van der Waals surface area contributed by atoms with Crippen molar-refractivity contribution in [1.82, 2.24) is 39.9 Å². The molecule has 4 aromatic carbocycles. The Balaban J connectivity index is 0.640. The monoisotopic (exact) mass is 1510 g/mol. The number of halogens is 3. The number of piperazine rings is 2. The van der Waals surface area contributed by atoms with Crippen molar-refractivity contribution in [3.05, 3.63) is 131 Å². The molecular formula is C77H101F3N10O10S4. The van der Waals surface area contributed by atoms with Crippen LogP contribution in [0.25, 0.3) is 10.4 Å². The van der Waals surface area contributed by atoms with Crippen molar-refractivity contribution in [3.63, 3.8) is 0 Å². The van der Waals surface area contributed by atoms with Gasteiger partial charge in [0.25, 0.3) is 25.8 Å². The second-order valence-electron chi connectivity index (χ2n) is 31.8. The number of benzene rings is 4. The second-order valence-corrected chi connectivity index (χ2v) is 37.4. The van der Waals surface area contributed by atoms with Gasteiger partial charge in [-0.3, -0.25) is 33.8 Å². The number of carbonyl (C=O) groups is 5. The number of sulfone groups is 1. The number of thioether (sulfide) groups is 1. The van der Waals surface area contributed by atoms with Crippen LogP contribution in [0, 0.1) is 28.6 Å². The first-order chi connectivity index (χ1) is 49.1. The molecule has 3 saturated heterocycles. The number of alkyl halides is 3. The number of carbonyl (C=O) groups excluding carboxylic acids is 5. The van der Waals surface area contributed by atoms with Crippen LogP contribution in [0.1, 0.15) is 160 Å². The van der Waals surface area contributed by atoms with Gasteiger partial charge in [-0.1, -0.05) is 102 Å². The van der Waals surface area contributed by atoms with Gasteiger partial charge < -0.3 is 35.8 Å². The Bertz CT molecular complexity index is 4170. The maximum absolute atomic E-state index is 14.6. The lowest BCUT2D eigenvalue weighted by Crippen LogP contribution is -2.61. The van der Waals surface area contributed by atoms with Gasteiger partial charge in [0.2, 0.25) is 23.6 Å². The van der Waals surface area contributed by atoms with Crippen molar-refractivity contribution in [2.75, 3.05) is 88.0 Å². The number of hydrogen-bond acceptors (Lipinski definition) is 17. The lowest BCUT2D eigenvalue weighted by Gasteiger charge is -2.72. The lowest BCUT2D eigenvalue weighted by molar-refractivity contribution is -0.167. The Hall–Kier alpha value is -6.88. The molecule has 20 nitrogen and oxygen atoms in total. The third kappa shape index (κ3) is 18.6. The number of nitrogens with zero attached hydrogens (tertiary/aromatic N) is 6. The number of hydrogen-bond donors (Lipinski definition) is 5. The first-order valence-corrected chi connectivity index (χ1v) is 41.3. The molecule has 5 atom stereocenters. The highest BCUT2D eigenvalue weighted by Gasteiger charge is 2.67. The maximum atomic E-state index is 14.6. The van der Waals surface area contributed by atoms with Crippen LogP contribution in [-0.2, 0) is 39.0 Å². The number of amides is 5. The molecule has 0 spiro atoms. The lowest BCUT2D eigenvalue weighted by atomic mass is 9.33. The number of nitrogens with one attached hydrogen (secondary N) is 4. The van der Waals surface area contributed by atoms with Gasteiger partial charge in [0.1, 0.15) is 17.0 Å². The molecule has 4 heterocycles. The molecule has 5 amide bonds. The quantitative estimate of drug-likeness (QED) is 0.0177. The molecule has 27 heteroatoms. The molecule has 6 fully saturated rings. The molecule has 5 N–H and O–H groups in total. The van der Waals surface area contributed by atoms with E-state index in [0.29, 0.717) is 80.7 Å². The number of anilines is 2. The maximum Gasteiger partial charge on any atom is 0.501 e. The highest BCUT2D eigenvalue weighted by atomic mass is 32.2. The first kappa shape index (κ1) is 78.2. The zero-order valence-electron chi connectivity index (χ0n) is 61.0.